The van der Waals surface area contributed by atoms with E-state index >= 15 is 0 Å². The van der Waals surface area contributed by atoms with Gasteiger partial charge in [-0.05, 0) is 64.3 Å². The molecule has 184 valence electrons. The van der Waals surface area contributed by atoms with Crippen molar-refractivity contribution < 1.29 is 23.9 Å². The van der Waals surface area contributed by atoms with Crippen LogP contribution in [0.3, 0.4) is 0 Å². The van der Waals surface area contributed by atoms with Gasteiger partial charge in [-0.25, -0.2) is 9.59 Å². The van der Waals surface area contributed by atoms with Gasteiger partial charge in [0.1, 0.15) is 12.2 Å². The molecule has 0 aliphatic rings. The Morgan fingerprint density at radius 3 is 2.18 bits per heavy atom. The summed E-state index contributed by atoms with van der Waals surface area (Å²) in [5.41, 5.74) is 7.92. The molecular weight excluding hydrogens is 434 g/mol. The highest BCUT2D eigenvalue weighted by atomic mass is 16.6. The van der Waals surface area contributed by atoms with Crippen LogP contribution in [0.1, 0.15) is 47.1 Å². The number of carbonyl (C=O) groups is 3. The first-order chi connectivity index (χ1) is 15.8. The van der Waals surface area contributed by atoms with Crippen molar-refractivity contribution in [2.45, 2.75) is 53.8 Å². The number of carbonyl (C=O) groups excluding carboxylic acids is 3. The molecule has 2 amide bonds. The summed E-state index contributed by atoms with van der Waals surface area (Å²) in [5, 5.41) is 5.17. The molecule has 4 N–H and O–H groups in total. The standard InChI is InChI=1S/C26H35N3O5/c1-17(2)22(29-25(32)34-26(5,6)7)14-13-18(3)23(30)21(19(4)27)15-28-24(31)33-16-20-11-9-8-10-12-20/h8-14H,1,15-16,27H2,2-7H3,(H,28,31)(H,29,32)/b18-13+,21-19?,22-14+. The summed E-state index contributed by atoms with van der Waals surface area (Å²) in [4.78, 5) is 37.0. The fraction of sp³-hybridized carbons (Fsp3) is 0.346. The minimum absolute atomic E-state index is 0.0901. The monoisotopic (exact) mass is 469 g/mol. The second kappa shape index (κ2) is 13.0. The summed E-state index contributed by atoms with van der Waals surface area (Å²) in [6.07, 6.45) is 1.81. The normalized spacial score (nSPS) is 12.9. The van der Waals surface area contributed by atoms with Crippen molar-refractivity contribution in [1.29, 1.82) is 0 Å². The Hall–Kier alpha value is -3.81. The molecular formula is C26H35N3O5. The Morgan fingerprint density at radius 2 is 1.65 bits per heavy atom. The maximum absolute atomic E-state index is 12.9. The maximum Gasteiger partial charge on any atom is 0.412 e. The van der Waals surface area contributed by atoms with Gasteiger partial charge in [0.15, 0.2) is 5.78 Å². The molecule has 0 aliphatic carbocycles. The van der Waals surface area contributed by atoms with E-state index in [-0.39, 0.29) is 30.2 Å². The van der Waals surface area contributed by atoms with Crippen LogP contribution in [0.15, 0.2) is 77.2 Å². The van der Waals surface area contributed by atoms with Crippen LogP contribution in [0.4, 0.5) is 9.59 Å². The van der Waals surface area contributed by atoms with Crippen LogP contribution in [0.25, 0.3) is 0 Å². The van der Waals surface area contributed by atoms with E-state index in [0.717, 1.165) is 5.56 Å². The SMILES string of the molecule is C=C(C)/C(=C\C=C(/C)C(=O)C(CNC(=O)OCc1ccccc1)=C(C)N)NC(=O)OC(C)(C)C. The summed E-state index contributed by atoms with van der Waals surface area (Å²) in [6.45, 7) is 14.0. The first-order valence-electron chi connectivity index (χ1n) is 10.8. The number of Topliss-reactive ketones (excluding diaryl/α,β-unsaturated/α-hetero) is 1. The number of ether oxygens (including phenoxy) is 2. The number of alkyl carbamates (subject to hydrolysis) is 2. The predicted octanol–water partition coefficient (Wildman–Crippen LogP) is 4.65. The van der Waals surface area contributed by atoms with E-state index in [9.17, 15) is 14.4 Å². The molecule has 0 spiro atoms. The van der Waals surface area contributed by atoms with Crippen LogP contribution in [0, 0.1) is 0 Å². The molecule has 0 radical (unpaired) electrons. The highest BCUT2D eigenvalue weighted by molar-refractivity contribution is 6.08. The largest absolute Gasteiger partial charge is 0.445 e. The van der Waals surface area contributed by atoms with Gasteiger partial charge in [0.05, 0.1) is 6.54 Å². The Balaban J connectivity index is 2.82. The van der Waals surface area contributed by atoms with Crippen LogP contribution >= 0.6 is 0 Å². The van der Waals surface area contributed by atoms with Crippen molar-refractivity contribution in [2.24, 2.45) is 5.73 Å². The van der Waals surface area contributed by atoms with Gasteiger partial charge >= 0.3 is 12.2 Å². The molecule has 0 bridgehead atoms. The summed E-state index contributed by atoms with van der Waals surface area (Å²) >= 11 is 0. The lowest BCUT2D eigenvalue weighted by Gasteiger charge is -2.20. The lowest BCUT2D eigenvalue weighted by atomic mass is 10.0. The van der Waals surface area contributed by atoms with Crippen LogP contribution in [0.5, 0.6) is 0 Å². The zero-order chi connectivity index (χ0) is 25.9. The smallest absolute Gasteiger partial charge is 0.412 e. The first kappa shape index (κ1) is 28.2. The summed E-state index contributed by atoms with van der Waals surface area (Å²) in [7, 11) is 0. The van der Waals surface area contributed by atoms with Gasteiger partial charge in [-0.1, -0.05) is 43.0 Å². The van der Waals surface area contributed by atoms with E-state index in [1.165, 1.54) is 0 Å². The van der Waals surface area contributed by atoms with Crippen LogP contribution in [-0.2, 0) is 20.9 Å². The number of nitrogens with one attached hydrogen (secondary N) is 2. The molecule has 8 nitrogen and oxygen atoms in total. The number of ketones is 1. The van der Waals surface area contributed by atoms with Gasteiger partial charge in [0, 0.05) is 17.0 Å². The van der Waals surface area contributed by atoms with Crippen LogP contribution < -0.4 is 16.4 Å². The van der Waals surface area contributed by atoms with E-state index in [1.807, 2.05) is 30.3 Å². The van der Waals surface area contributed by atoms with Crippen molar-refractivity contribution >= 4 is 18.0 Å². The highest BCUT2D eigenvalue weighted by Gasteiger charge is 2.18. The molecule has 0 aliphatic heterocycles. The Kier molecular flexibility index (Phi) is 10.8. The second-order valence-electron chi connectivity index (χ2n) is 8.74. The zero-order valence-corrected chi connectivity index (χ0v) is 20.8. The van der Waals surface area contributed by atoms with Crippen molar-refractivity contribution in [1.82, 2.24) is 10.6 Å². The molecule has 1 aromatic rings. The molecule has 0 aromatic heterocycles. The average molecular weight is 470 g/mol. The van der Waals surface area contributed by atoms with Gasteiger partial charge in [-0.15, -0.1) is 0 Å². The molecule has 0 heterocycles. The van der Waals surface area contributed by atoms with Gasteiger partial charge < -0.3 is 20.5 Å². The molecule has 1 rings (SSSR count). The third-order valence-electron chi connectivity index (χ3n) is 4.33. The molecule has 0 atom stereocenters. The predicted molar refractivity (Wildman–Crippen MR) is 133 cm³/mol. The Bertz CT molecular complexity index is 995. The molecule has 0 saturated carbocycles. The summed E-state index contributed by atoms with van der Waals surface area (Å²) < 4.78 is 10.4. The Morgan fingerprint density at radius 1 is 1.03 bits per heavy atom. The third-order valence-corrected chi connectivity index (χ3v) is 4.33. The van der Waals surface area contributed by atoms with E-state index in [4.69, 9.17) is 15.2 Å². The second-order valence-corrected chi connectivity index (χ2v) is 8.74. The minimum atomic E-state index is -0.664. The fourth-order valence-corrected chi connectivity index (χ4v) is 2.56. The molecule has 1 aromatic carbocycles. The third kappa shape index (κ3) is 10.7. The molecule has 0 saturated heterocycles. The van der Waals surface area contributed by atoms with E-state index in [1.54, 1.807) is 53.7 Å². The number of amides is 2. The Labute approximate surface area is 201 Å². The highest BCUT2D eigenvalue weighted by Crippen LogP contribution is 2.12. The van der Waals surface area contributed by atoms with Gasteiger partial charge in [0.25, 0.3) is 0 Å². The van der Waals surface area contributed by atoms with Crippen molar-refractivity contribution in [3.8, 4) is 0 Å². The van der Waals surface area contributed by atoms with Crippen molar-refractivity contribution in [3.05, 3.63) is 82.7 Å². The molecule has 0 unspecified atom stereocenters. The number of rotatable bonds is 9. The van der Waals surface area contributed by atoms with Crippen molar-refractivity contribution in [2.75, 3.05) is 6.54 Å². The lowest BCUT2D eigenvalue weighted by molar-refractivity contribution is -0.112. The minimum Gasteiger partial charge on any atom is -0.445 e. The molecule has 8 heteroatoms. The topological polar surface area (TPSA) is 120 Å². The maximum atomic E-state index is 12.9. The van der Waals surface area contributed by atoms with Crippen LogP contribution in [0.2, 0.25) is 0 Å². The fourth-order valence-electron chi connectivity index (χ4n) is 2.56. The number of hydrogen-bond acceptors (Lipinski definition) is 6. The van der Waals surface area contributed by atoms with Gasteiger partial charge in [-0.3, -0.25) is 10.1 Å². The van der Waals surface area contributed by atoms with Crippen molar-refractivity contribution in [3.63, 3.8) is 0 Å². The quantitative estimate of drug-likeness (QED) is 0.358. The number of hydrogen-bond donors (Lipinski definition) is 3. The number of allylic oxidation sites excluding steroid dienone is 5. The lowest BCUT2D eigenvalue weighted by Crippen LogP contribution is -2.32. The van der Waals surface area contributed by atoms with E-state index in [0.29, 0.717) is 16.8 Å². The average Bonchev–Trinajstić information content (AvgIpc) is 2.73. The number of nitrogens with two attached hydrogens (primary N) is 1. The number of benzene rings is 1. The zero-order valence-electron chi connectivity index (χ0n) is 20.8. The van der Waals surface area contributed by atoms with Crippen LogP contribution in [-0.4, -0.2) is 30.1 Å². The molecule has 0 fully saturated rings. The molecule has 34 heavy (non-hydrogen) atoms. The van der Waals surface area contributed by atoms with E-state index < -0.39 is 17.8 Å². The summed E-state index contributed by atoms with van der Waals surface area (Å²) in [5.74, 6) is -0.349. The van der Waals surface area contributed by atoms with E-state index in [2.05, 4.69) is 17.2 Å². The summed E-state index contributed by atoms with van der Waals surface area (Å²) in [6, 6.07) is 9.24. The van der Waals surface area contributed by atoms with Gasteiger partial charge in [-0.2, -0.15) is 0 Å². The van der Waals surface area contributed by atoms with Gasteiger partial charge in [0.2, 0.25) is 0 Å². The first-order valence-corrected chi connectivity index (χ1v) is 10.8.